The van der Waals surface area contributed by atoms with E-state index in [4.69, 9.17) is 0 Å². The summed E-state index contributed by atoms with van der Waals surface area (Å²) in [5.74, 6) is 0. The van der Waals surface area contributed by atoms with E-state index in [2.05, 4.69) is 57.5 Å². The van der Waals surface area contributed by atoms with Gasteiger partial charge in [-0.1, -0.05) is 34.5 Å². The quantitative estimate of drug-likeness (QED) is 0.896. The number of benzene rings is 1. The van der Waals surface area contributed by atoms with Gasteiger partial charge in [-0.2, -0.15) is 0 Å². The summed E-state index contributed by atoms with van der Waals surface area (Å²) in [6.45, 7) is 3.41. The van der Waals surface area contributed by atoms with E-state index in [0.29, 0.717) is 0 Å². The topological polar surface area (TPSA) is 15.3 Å². The zero-order chi connectivity index (χ0) is 12.8. The molecule has 0 aromatic heterocycles. The van der Waals surface area contributed by atoms with Gasteiger partial charge in [-0.05, 0) is 57.1 Å². The standard InChI is InChI=1S/C15H23BrN2/c1-18(10-8-15-7-2-3-9-17-15)12-13-5-4-6-14(16)11-13/h4-6,11,15,17H,2-3,7-10,12H2,1H3. The lowest BCUT2D eigenvalue weighted by Crippen LogP contribution is -2.36. The van der Waals surface area contributed by atoms with Crippen molar-refractivity contribution >= 4 is 15.9 Å². The monoisotopic (exact) mass is 310 g/mol. The second-order valence-corrected chi connectivity index (χ2v) is 6.22. The van der Waals surface area contributed by atoms with Gasteiger partial charge in [0.15, 0.2) is 0 Å². The van der Waals surface area contributed by atoms with Gasteiger partial charge >= 0.3 is 0 Å². The molecule has 1 heterocycles. The number of nitrogens with one attached hydrogen (secondary N) is 1. The molecular weight excluding hydrogens is 288 g/mol. The first-order valence-corrected chi connectivity index (χ1v) is 7.70. The van der Waals surface area contributed by atoms with Gasteiger partial charge < -0.3 is 10.2 Å². The molecule has 18 heavy (non-hydrogen) atoms. The van der Waals surface area contributed by atoms with Gasteiger partial charge in [-0.3, -0.25) is 0 Å². The first-order valence-electron chi connectivity index (χ1n) is 6.90. The third kappa shape index (κ3) is 4.71. The van der Waals surface area contributed by atoms with E-state index in [1.807, 2.05) is 0 Å². The summed E-state index contributed by atoms with van der Waals surface area (Å²) in [7, 11) is 2.21. The third-order valence-electron chi connectivity index (χ3n) is 3.61. The Hall–Kier alpha value is -0.380. The summed E-state index contributed by atoms with van der Waals surface area (Å²) in [5, 5.41) is 3.61. The number of halogens is 1. The maximum absolute atomic E-state index is 3.61. The van der Waals surface area contributed by atoms with Crippen LogP contribution in [0.2, 0.25) is 0 Å². The van der Waals surface area contributed by atoms with Crippen molar-refractivity contribution in [3.8, 4) is 0 Å². The van der Waals surface area contributed by atoms with Crippen LogP contribution in [0.1, 0.15) is 31.2 Å². The molecule has 1 aliphatic heterocycles. The van der Waals surface area contributed by atoms with Crippen LogP contribution >= 0.6 is 15.9 Å². The molecule has 2 nitrogen and oxygen atoms in total. The minimum atomic E-state index is 0.740. The number of hydrogen-bond donors (Lipinski definition) is 1. The Labute approximate surface area is 119 Å². The molecule has 0 aliphatic carbocycles. The van der Waals surface area contributed by atoms with Crippen molar-refractivity contribution in [3.05, 3.63) is 34.3 Å². The molecule has 0 amide bonds. The fraction of sp³-hybridized carbons (Fsp3) is 0.600. The van der Waals surface area contributed by atoms with E-state index in [1.54, 1.807) is 0 Å². The van der Waals surface area contributed by atoms with E-state index in [9.17, 15) is 0 Å². The zero-order valence-electron chi connectivity index (χ0n) is 11.2. The largest absolute Gasteiger partial charge is 0.314 e. The van der Waals surface area contributed by atoms with Crippen LogP contribution in [-0.4, -0.2) is 31.1 Å². The first-order chi connectivity index (χ1) is 8.74. The summed E-state index contributed by atoms with van der Waals surface area (Å²) >= 11 is 3.53. The predicted octanol–water partition coefficient (Wildman–Crippen LogP) is 3.41. The molecule has 1 atom stereocenters. The number of nitrogens with zero attached hydrogens (tertiary/aromatic N) is 1. The third-order valence-corrected chi connectivity index (χ3v) is 4.11. The van der Waals surface area contributed by atoms with E-state index in [1.165, 1.54) is 48.8 Å². The Morgan fingerprint density at radius 3 is 3.00 bits per heavy atom. The second-order valence-electron chi connectivity index (χ2n) is 5.30. The van der Waals surface area contributed by atoms with Crippen LogP contribution < -0.4 is 5.32 Å². The van der Waals surface area contributed by atoms with Crippen molar-refractivity contribution in [2.75, 3.05) is 20.1 Å². The van der Waals surface area contributed by atoms with Crippen molar-refractivity contribution in [1.82, 2.24) is 10.2 Å². The van der Waals surface area contributed by atoms with Gasteiger partial charge in [-0.15, -0.1) is 0 Å². The van der Waals surface area contributed by atoms with Gasteiger partial charge in [0.25, 0.3) is 0 Å². The van der Waals surface area contributed by atoms with E-state index < -0.39 is 0 Å². The Balaban J connectivity index is 1.72. The molecule has 3 heteroatoms. The van der Waals surface area contributed by atoms with Gasteiger partial charge in [0, 0.05) is 17.1 Å². The van der Waals surface area contributed by atoms with Crippen molar-refractivity contribution in [2.24, 2.45) is 0 Å². The number of rotatable bonds is 5. The number of piperidine rings is 1. The molecule has 1 aromatic rings. The highest BCUT2D eigenvalue weighted by Gasteiger charge is 2.12. The first kappa shape index (κ1) is 14.0. The van der Waals surface area contributed by atoms with Crippen molar-refractivity contribution in [1.29, 1.82) is 0 Å². The second kappa shape index (κ2) is 7.27. The lowest BCUT2D eigenvalue weighted by atomic mass is 10.0. The van der Waals surface area contributed by atoms with Crippen LogP contribution in [-0.2, 0) is 6.54 Å². The van der Waals surface area contributed by atoms with E-state index >= 15 is 0 Å². The molecule has 1 saturated heterocycles. The molecule has 1 unspecified atom stereocenters. The Bertz CT molecular complexity index is 361. The predicted molar refractivity (Wildman–Crippen MR) is 80.7 cm³/mol. The summed E-state index contributed by atoms with van der Waals surface area (Å²) in [5.41, 5.74) is 1.38. The van der Waals surface area contributed by atoms with Crippen LogP contribution in [0.25, 0.3) is 0 Å². The molecule has 0 bridgehead atoms. The highest BCUT2D eigenvalue weighted by molar-refractivity contribution is 9.10. The molecule has 0 spiro atoms. The highest BCUT2D eigenvalue weighted by atomic mass is 79.9. The van der Waals surface area contributed by atoms with Gasteiger partial charge in [-0.25, -0.2) is 0 Å². The fourth-order valence-corrected chi connectivity index (χ4v) is 3.02. The van der Waals surface area contributed by atoms with E-state index in [-0.39, 0.29) is 0 Å². The van der Waals surface area contributed by atoms with Gasteiger partial charge in [0.1, 0.15) is 0 Å². The number of hydrogen-bond acceptors (Lipinski definition) is 2. The summed E-state index contributed by atoms with van der Waals surface area (Å²) < 4.78 is 1.17. The maximum atomic E-state index is 3.61. The average molecular weight is 311 g/mol. The van der Waals surface area contributed by atoms with Crippen molar-refractivity contribution in [2.45, 2.75) is 38.3 Å². The Kier molecular flexibility index (Phi) is 5.67. The molecule has 0 radical (unpaired) electrons. The van der Waals surface area contributed by atoms with Crippen LogP contribution in [0.15, 0.2) is 28.7 Å². The lowest BCUT2D eigenvalue weighted by molar-refractivity contribution is 0.282. The lowest BCUT2D eigenvalue weighted by Gasteiger charge is -2.26. The van der Waals surface area contributed by atoms with Crippen LogP contribution in [0.4, 0.5) is 0 Å². The summed E-state index contributed by atoms with van der Waals surface area (Å²) in [4.78, 5) is 2.41. The highest BCUT2D eigenvalue weighted by Crippen LogP contribution is 2.14. The van der Waals surface area contributed by atoms with Gasteiger partial charge in [0.05, 0.1) is 0 Å². The molecule has 1 aromatic carbocycles. The minimum Gasteiger partial charge on any atom is -0.314 e. The Morgan fingerprint density at radius 2 is 2.28 bits per heavy atom. The maximum Gasteiger partial charge on any atom is 0.0231 e. The SMILES string of the molecule is CN(CCC1CCCCN1)Cc1cccc(Br)c1. The summed E-state index contributed by atoms with van der Waals surface area (Å²) in [6.07, 6.45) is 5.37. The fourth-order valence-electron chi connectivity index (χ4n) is 2.57. The molecule has 100 valence electrons. The van der Waals surface area contributed by atoms with E-state index in [0.717, 1.165) is 12.6 Å². The molecule has 2 rings (SSSR count). The molecule has 1 aliphatic rings. The van der Waals surface area contributed by atoms with Crippen LogP contribution in [0.5, 0.6) is 0 Å². The normalized spacial score (nSPS) is 20.3. The zero-order valence-corrected chi connectivity index (χ0v) is 12.7. The molecule has 1 fully saturated rings. The van der Waals surface area contributed by atoms with Crippen molar-refractivity contribution in [3.63, 3.8) is 0 Å². The van der Waals surface area contributed by atoms with Gasteiger partial charge in [0.2, 0.25) is 0 Å². The van der Waals surface area contributed by atoms with Crippen LogP contribution in [0, 0.1) is 0 Å². The van der Waals surface area contributed by atoms with Crippen LogP contribution in [0.3, 0.4) is 0 Å². The smallest absolute Gasteiger partial charge is 0.0231 e. The minimum absolute atomic E-state index is 0.740. The molecule has 1 N–H and O–H groups in total. The van der Waals surface area contributed by atoms with Crippen molar-refractivity contribution < 1.29 is 0 Å². The molecular formula is C15H23BrN2. The average Bonchev–Trinajstić information content (AvgIpc) is 2.38. The Morgan fingerprint density at radius 1 is 1.39 bits per heavy atom. The molecule has 0 saturated carbocycles. The summed E-state index contributed by atoms with van der Waals surface area (Å²) in [6, 6.07) is 9.32.